The first kappa shape index (κ1) is 20.6. The number of aliphatic imine (C=N–C) groups is 1. The molecule has 0 radical (unpaired) electrons. The van der Waals surface area contributed by atoms with Crippen molar-refractivity contribution in [3.05, 3.63) is 51.7 Å². The maximum Gasteiger partial charge on any atom is 0.387 e. The molecule has 0 aliphatic rings. The second-order valence-corrected chi connectivity index (χ2v) is 5.88. The Labute approximate surface area is 161 Å². The van der Waals surface area contributed by atoms with Crippen molar-refractivity contribution in [3.8, 4) is 5.75 Å². The zero-order valence-electron chi connectivity index (χ0n) is 13.4. The lowest BCUT2D eigenvalue weighted by molar-refractivity contribution is -0.0504. The van der Waals surface area contributed by atoms with Gasteiger partial charge in [-0.3, -0.25) is 4.99 Å². The fourth-order valence-corrected chi connectivity index (χ4v) is 2.69. The Balaban J connectivity index is 0.00000288. The van der Waals surface area contributed by atoms with E-state index in [-0.39, 0.29) is 29.7 Å². The van der Waals surface area contributed by atoms with Gasteiger partial charge in [-0.05, 0) is 24.4 Å². The van der Waals surface area contributed by atoms with Gasteiger partial charge < -0.3 is 15.4 Å². The lowest BCUT2D eigenvalue weighted by atomic mass is 10.1. The molecule has 0 unspecified atom stereocenters. The summed E-state index contributed by atoms with van der Waals surface area (Å²) < 4.78 is 29.5. The molecule has 8 heteroatoms. The van der Waals surface area contributed by atoms with E-state index in [0.717, 1.165) is 5.56 Å². The molecule has 1 aromatic carbocycles. The van der Waals surface area contributed by atoms with Crippen LogP contribution in [0, 0.1) is 6.92 Å². The highest BCUT2D eigenvalue weighted by molar-refractivity contribution is 14.0. The first-order valence-corrected chi connectivity index (χ1v) is 7.97. The molecule has 0 atom stereocenters. The number of hydrogen-bond donors (Lipinski definition) is 2. The Morgan fingerprint density at radius 1 is 1.25 bits per heavy atom. The van der Waals surface area contributed by atoms with Crippen molar-refractivity contribution < 1.29 is 13.5 Å². The molecule has 1 heterocycles. The van der Waals surface area contributed by atoms with E-state index < -0.39 is 6.61 Å². The summed E-state index contributed by atoms with van der Waals surface area (Å²) in [5.41, 5.74) is 1.63. The third kappa shape index (κ3) is 6.60. The standard InChI is InChI=1S/C16H19F2N3OS.HI/c1-11-5-6-14(22-15(17)18)12(8-11)9-20-16(19-2)21-10-13-4-3-7-23-13;/h3-8,15H,9-10H2,1-2H3,(H2,19,20,21);1H. The van der Waals surface area contributed by atoms with E-state index in [1.54, 1.807) is 30.5 Å². The van der Waals surface area contributed by atoms with Crippen LogP contribution in [0.3, 0.4) is 0 Å². The minimum atomic E-state index is -2.84. The minimum absolute atomic E-state index is 0. The van der Waals surface area contributed by atoms with Gasteiger partial charge in [0.05, 0.1) is 6.54 Å². The lowest BCUT2D eigenvalue weighted by Crippen LogP contribution is -2.36. The SMILES string of the molecule is CN=C(NCc1cccs1)NCc1cc(C)ccc1OC(F)F.I. The fraction of sp³-hybridized carbons (Fsp3) is 0.312. The molecule has 0 spiro atoms. The molecule has 2 aromatic rings. The zero-order chi connectivity index (χ0) is 16.7. The van der Waals surface area contributed by atoms with E-state index in [1.807, 2.05) is 30.5 Å². The van der Waals surface area contributed by atoms with Gasteiger partial charge in [-0.15, -0.1) is 35.3 Å². The molecule has 0 fully saturated rings. The van der Waals surface area contributed by atoms with Crippen LogP contribution in [0.2, 0.25) is 0 Å². The molecule has 0 amide bonds. The van der Waals surface area contributed by atoms with E-state index >= 15 is 0 Å². The quantitative estimate of drug-likeness (QED) is 0.382. The van der Waals surface area contributed by atoms with Crippen molar-refractivity contribution in [2.45, 2.75) is 26.6 Å². The summed E-state index contributed by atoms with van der Waals surface area (Å²) in [5.74, 6) is 0.773. The average molecular weight is 467 g/mol. The highest BCUT2D eigenvalue weighted by atomic mass is 127. The van der Waals surface area contributed by atoms with Crippen LogP contribution in [-0.2, 0) is 13.1 Å². The van der Waals surface area contributed by atoms with Gasteiger partial charge >= 0.3 is 6.61 Å². The van der Waals surface area contributed by atoms with Crippen LogP contribution < -0.4 is 15.4 Å². The summed E-state index contributed by atoms with van der Waals surface area (Å²) in [5, 5.41) is 8.29. The molecule has 0 bridgehead atoms. The number of aryl methyl sites for hydroxylation is 1. The maximum atomic E-state index is 12.5. The molecule has 0 aliphatic carbocycles. The first-order valence-electron chi connectivity index (χ1n) is 7.09. The predicted octanol–water partition coefficient (Wildman–Crippen LogP) is 4.14. The maximum absolute atomic E-state index is 12.5. The van der Waals surface area contributed by atoms with Gasteiger partial charge in [0.2, 0.25) is 0 Å². The third-order valence-corrected chi connectivity index (χ3v) is 3.99. The Morgan fingerprint density at radius 3 is 2.62 bits per heavy atom. The lowest BCUT2D eigenvalue weighted by Gasteiger charge is -2.15. The second-order valence-electron chi connectivity index (χ2n) is 4.85. The molecular formula is C16H20F2IN3OS. The number of halogens is 3. The molecular weight excluding hydrogens is 447 g/mol. The molecule has 0 saturated carbocycles. The number of alkyl halides is 2. The summed E-state index contributed by atoms with van der Waals surface area (Å²) in [6.07, 6.45) is 0. The van der Waals surface area contributed by atoms with Crippen molar-refractivity contribution in [2.75, 3.05) is 7.05 Å². The van der Waals surface area contributed by atoms with Crippen LogP contribution in [0.5, 0.6) is 5.75 Å². The van der Waals surface area contributed by atoms with Crippen LogP contribution in [0.4, 0.5) is 8.78 Å². The van der Waals surface area contributed by atoms with Crippen LogP contribution in [0.15, 0.2) is 40.7 Å². The monoisotopic (exact) mass is 467 g/mol. The van der Waals surface area contributed by atoms with Crippen molar-refractivity contribution in [1.82, 2.24) is 10.6 Å². The summed E-state index contributed by atoms with van der Waals surface area (Å²) in [6.45, 7) is 0.0616. The summed E-state index contributed by atoms with van der Waals surface area (Å²) in [6, 6.07) is 9.13. The number of guanidine groups is 1. The van der Waals surface area contributed by atoms with Gasteiger partial charge in [-0.25, -0.2) is 0 Å². The smallest absolute Gasteiger partial charge is 0.387 e. The van der Waals surface area contributed by atoms with E-state index in [0.29, 0.717) is 24.6 Å². The Kier molecular flexibility index (Phi) is 8.98. The molecule has 2 N–H and O–H groups in total. The molecule has 24 heavy (non-hydrogen) atoms. The zero-order valence-corrected chi connectivity index (χ0v) is 16.5. The van der Waals surface area contributed by atoms with Crippen LogP contribution in [-0.4, -0.2) is 19.6 Å². The summed E-state index contributed by atoms with van der Waals surface area (Å²) in [4.78, 5) is 5.31. The van der Waals surface area contributed by atoms with Gasteiger partial charge in [0.15, 0.2) is 5.96 Å². The molecule has 1 aromatic heterocycles. The minimum Gasteiger partial charge on any atom is -0.434 e. The second kappa shape index (κ2) is 10.4. The van der Waals surface area contributed by atoms with Gasteiger partial charge in [0.1, 0.15) is 5.75 Å². The number of ether oxygens (including phenoxy) is 1. The topological polar surface area (TPSA) is 45.7 Å². The number of thiophene rings is 1. The van der Waals surface area contributed by atoms with Crippen molar-refractivity contribution >= 4 is 41.3 Å². The van der Waals surface area contributed by atoms with E-state index in [2.05, 4.69) is 20.4 Å². The van der Waals surface area contributed by atoms with Crippen molar-refractivity contribution in [1.29, 1.82) is 0 Å². The van der Waals surface area contributed by atoms with Crippen LogP contribution in [0.1, 0.15) is 16.0 Å². The number of nitrogens with zero attached hydrogens (tertiary/aromatic N) is 1. The molecule has 4 nitrogen and oxygen atoms in total. The Bertz CT molecular complexity index is 651. The highest BCUT2D eigenvalue weighted by Crippen LogP contribution is 2.22. The third-order valence-electron chi connectivity index (χ3n) is 3.11. The Hall–Kier alpha value is -1.42. The summed E-state index contributed by atoms with van der Waals surface area (Å²) >= 11 is 1.65. The molecule has 0 aliphatic heterocycles. The number of hydrogen-bond acceptors (Lipinski definition) is 3. The highest BCUT2D eigenvalue weighted by Gasteiger charge is 2.10. The largest absolute Gasteiger partial charge is 0.434 e. The molecule has 2 rings (SSSR count). The molecule has 0 saturated heterocycles. The number of rotatable bonds is 6. The summed E-state index contributed by atoms with van der Waals surface area (Å²) in [7, 11) is 1.66. The van der Waals surface area contributed by atoms with Gasteiger partial charge in [-0.2, -0.15) is 8.78 Å². The molecule has 132 valence electrons. The fourth-order valence-electron chi connectivity index (χ4n) is 2.04. The average Bonchev–Trinajstić information content (AvgIpc) is 3.03. The first-order chi connectivity index (χ1) is 11.1. The van der Waals surface area contributed by atoms with Crippen molar-refractivity contribution in [2.24, 2.45) is 4.99 Å². The number of benzene rings is 1. The number of nitrogens with one attached hydrogen (secondary N) is 2. The van der Waals surface area contributed by atoms with E-state index in [1.165, 1.54) is 4.88 Å². The van der Waals surface area contributed by atoms with E-state index in [9.17, 15) is 8.78 Å². The van der Waals surface area contributed by atoms with Crippen LogP contribution in [0.25, 0.3) is 0 Å². The van der Waals surface area contributed by atoms with Gasteiger partial charge in [0.25, 0.3) is 0 Å². The van der Waals surface area contributed by atoms with E-state index in [4.69, 9.17) is 0 Å². The normalized spacial score (nSPS) is 11.1. The predicted molar refractivity (Wildman–Crippen MR) is 105 cm³/mol. The van der Waals surface area contributed by atoms with Crippen molar-refractivity contribution in [3.63, 3.8) is 0 Å². The van der Waals surface area contributed by atoms with Crippen LogP contribution >= 0.6 is 35.3 Å². The van der Waals surface area contributed by atoms with Gasteiger partial charge in [0, 0.05) is 24.0 Å². The Morgan fingerprint density at radius 2 is 2.00 bits per heavy atom. The van der Waals surface area contributed by atoms with Gasteiger partial charge in [-0.1, -0.05) is 23.8 Å².